The van der Waals surface area contributed by atoms with Gasteiger partial charge in [-0.1, -0.05) is 11.8 Å². The van der Waals surface area contributed by atoms with E-state index in [2.05, 4.69) is 27.1 Å². The molecule has 3 saturated heterocycles. The number of halogens is 1. The summed E-state index contributed by atoms with van der Waals surface area (Å²) >= 11 is 7.32. The van der Waals surface area contributed by atoms with Gasteiger partial charge in [-0.2, -0.15) is 0 Å². The van der Waals surface area contributed by atoms with Gasteiger partial charge in [-0.3, -0.25) is 9.69 Å². The van der Waals surface area contributed by atoms with E-state index in [4.69, 9.17) is 11.6 Å². The van der Waals surface area contributed by atoms with Crippen LogP contribution < -0.4 is 5.32 Å². The Balaban J connectivity index is 1.40. The van der Waals surface area contributed by atoms with Crippen molar-refractivity contribution in [2.75, 3.05) is 13.1 Å². The first-order valence-corrected chi connectivity index (χ1v) is 9.83. The van der Waals surface area contributed by atoms with Crippen molar-refractivity contribution in [3.05, 3.63) is 41.3 Å². The molecule has 5 nitrogen and oxygen atoms in total. The van der Waals surface area contributed by atoms with Gasteiger partial charge >= 0.3 is 0 Å². The highest BCUT2D eigenvalue weighted by molar-refractivity contribution is 7.99. The largest absolute Gasteiger partial charge is 0.347 e. The molecule has 0 unspecified atom stereocenters. The molecule has 132 valence electrons. The molecule has 0 saturated carbocycles. The molecule has 7 heteroatoms. The van der Waals surface area contributed by atoms with Gasteiger partial charge in [0.15, 0.2) is 0 Å². The van der Waals surface area contributed by atoms with Crippen LogP contribution in [-0.4, -0.2) is 45.9 Å². The Kier molecular flexibility index (Phi) is 4.75. The van der Waals surface area contributed by atoms with E-state index < -0.39 is 0 Å². The highest BCUT2D eigenvalue weighted by Crippen LogP contribution is 2.32. The zero-order valence-corrected chi connectivity index (χ0v) is 15.6. The van der Waals surface area contributed by atoms with Gasteiger partial charge in [0.1, 0.15) is 0 Å². The number of H-pyrrole nitrogens is 1. The van der Waals surface area contributed by atoms with Gasteiger partial charge in [-0.25, -0.2) is 4.98 Å². The molecule has 2 bridgehead atoms. The van der Waals surface area contributed by atoms with Crippen LogP contribution in [0.2, 0.25) is 5.28 Å². The van der Waals surface area contributed by atoms with E-state index in [1.54, 1.807) is 6.20 Å². The molecule has 4 heterocycles. The number of amides is 1. The molecule has 0 aliphatic carbocycles. The predicted octanol–water partition coefficient (Wildman–Crippen LogP) is 3.43. The minimum atomic E-state index is 0.0201. The third-order valence-corrected chi connectivity index (χ3v) is 6.47. The van der Waals surface area contributed by atoms with Crippen LogP contribution in [0.5, 0.6) is 0 Å². The Morgan fingerprint density at radius 3 is 2.64 bits per heavy atom. The minimum Gasteiger partial charge on any atom is -0.347 e. The maximum atomic E-state index is 12.6. The van der Waals surface area contributed by atoms with Crippen LogP contribution in [0.25, 0.3) is 0 Å². The van der Waals surface area contributed by atoms with E-state index in [1.807, 2.05) is 24.3 Å². The number of nitrogens with one attached hydrogen (secondary N) is 2. The van der Waals surface area contributed by atoms with Crippen LogP contribution in [0, 0.1) is 5.92 Å². The molecular weight excluding hydrogens is 356 g/mol. The fraction of sp³-hybridized carbons (Fsp3) is 0.444. The van der Waals surface area contributed by atoms with E-state index in [-0.39, 0.29) is 11.9 Å². The fourth-order valence-corrected chi connectivity index (χ4v) is 4.90. The molecule has 2 N–H and O–H groups in total. The van der Waals surface area contributed by atoms with Crippen molar-refractivity contribution in [1.82, 2.24) is 20.2 Å². The second-order valence-electron chi connectivity index (χ2n) is 6.78. The van der Waals surface area contributed by atoms with Gasteiger partial charge in [0.2, 0.25) is 5.28 Å². The highest BCUT2D eigenvalue weighted by Gasteiger charge is 2.40. The quantitative estimate of drug-likeness (QED) is 0.858. The number of imidazole rings is 1. The molecule has 0 radical (unpaired) electrons. The molecule has 3 aliphatic heterocycles. The highest BCUT2D eigenvalue weighted by atomic mass is 35.5. The van der Waals surface area contributed by atoms with Gasteiger partial charge in [0.25, 0.3) is 5.91 Å². The number of hydrogen-bond acceptors (Lipinski definition) is 4. The first kappa shape index (κ1) is 16.9. The summed E-state index contributed by atoms with van der Waals surface area (Å²) in [7, 11) is 0. The number of rotatable bonds is 4. The van der Waals surface area contributed by atoms with Crippen molar-refractivity contribution < 1.29 is 4.79 Å². The summed E-state index contributed by atoms with van der Waals surface area (Å²) in [5.74, 6) is 0.635. The van der Waals surface area contributed by atoms with Gasteiger partial charge in [-0.05, 0) is 74.6 Å². The van der Waals surface area contributed by atoms with Crippen molar-refractivity contribution >= 4 is 29.3 Å². The number of carbonyl (C=O) groups is 1. The monoisotopic (exact) mass is 376 g/mol. The number of carbonyl (C=O) groups excluding carboxylic acids is 1. The Labute approximate surface area is 156 Å². The Bertz CT molecular complexity index is 753. The maximum Gasteiger partial charge on any atom is 0.251 e. The molecular formula is C18H21ClN4OS. The SMILES string of the molecule is C[C@H]1[C@H](NC(=O)c2ccc(Sc3cnc(Cl)[nH]3)cc2)C2CCN1CC2. The van der Waals surface area contributed by atoms with E-state index in [9.17, 15) is 4.79 Å². The molecule has 2 aromatic rings. The molecule has 1 amide bonds. The average molecular weight is 377 g/mol. The Hall–Kier alpha value is -1.50. The number of benzene rings is 1. The number of fused-ring (bicyclic) bond motifs is 3. The van der Waals surface area contributed by atoms with E-state index in [1.165, 1.54) is 37.7 Å². The smallest absolute Gasteiger partial charge is 0.251 e. The number of nitrogens with zero attached hydrogens (tertiary/aromatic N) is 2. The van der Waals surface area contributed by atoms with Gasteiger partial charge in [-0.15, -0.1) is 0 Å². The normalized spacial score (nSPS) is 28.1. The van der Waals surface area contributed by atoms with Crippen LogP contribution in [0.1, 0.15) is 30.1 Å². The molecule has 2 atom stereocenters. The molecule has 1 aromatic heterocycles. The average Bonchev–Trinajstić information content (AvgIpc) is 3.04. The minimum absolute atomic E-state index is 0.0201. The third-order valence-electron chi connectivity index (χ3n) is 5.34. The maximum absolute atomic E-state index is 12.6. The summed E-state index contributed by atoms with van der Waals surface area (Å²) in [6, 6.07) is 8.35. The van der Waals surface area contributed by atoms with Gasteiger partial charge in [0, 0.05) is 22.5 Å². The number of hydrogen-bond donors (Lipinski definition) is 2. The zero-order valence-electron chi connectivity index (χ0n) is 14.0. The molecule has 5 rings (SSSR count). The Morgan fingerprint density at radius 1 is 1.32 bits per heavy atom. The summed E-state index contributed by atoms with van der Waals surface area (Å²) in [4.78, 5) is 23.1. The summed E-state index contributed by atoms with van der Waals surface area (Å²) in [5.41, 5.74) is 0.704. The first-order valence-electron chi connectivity index (χ1n) is 8.63. The Morgan fingerprint density at radius 2 is 2.04 bits per heavy atom. The second-order valence-corrected chi connectivity index (χ2v) is 8.25. The van der Waals surface area contributed by atoms with E-state index in [0.717, 1.165) is 9.92 Å². The number of aromatic nitrogens is 2. The predicted molar refractivity (Wildman–Crippen MR) is 99.2 cm³/mol. The summed E-state index contributed by atoms with van der Waals surface area (Å²) in [6.45, 7) is 4.56. The van der Waals surface area contributed by atoms with Gasteiger partial charge < -0.3 is 10.3 Å². The standard InChI is InChI=1S/C18H21ClN4OS/c1-11-16(12-6-8-23(11)9-7-12)22-17(24)13-2-4-14(5-3-13)25-15-10-20-18(19)21-15/h2-5,10-12,16H,6-9H2,1H3,(H,20,21)(H,22,24)/t11-,16-/m0/s1. The van der Waals surface area contributed by atoms with Gasteiger partial charge in [0.05, 0.1) is 11.2 Å². The van der Waals surface area contributed by atoms with Crippen LogP contribution in [-0.2, 0) is 0 Å². The van der Waals surface area contributed by atoms with Crippen molar-refractivity contribution in [1.29, 1.82) is 0 Å². The number of piperidine rings is 3. The molecule has 3 fully saturated rings. The summed E-state index contributed by atoms with van der Waals surface area (Å²) < 4.78 is 0. The van der Waals surface area contributed by atoms with Crippen LogP contribution in [0.3, 0.4) is 0 Å². The lowest BCUT2D eigenvalue weighted by Crippen LogP contribution is -2.62. The van der Waals surface area contributed by atoms with Crippen LogP contribution >= 0.6 is 23.4 Å². The van der Waals surface area contributed by atoms with Crippen molar-refractivity contribution in [3.63, 3.8) is 0 Å². The molecule has 1 aromatic carbocycles. The van der Waals surface area contributed by atoms with Crippen molar-refractivity contribution in [2.24, 2.45) is 5.92 Å². The first-order chi connectivity index (χ1) is 12.1. The molecule has 25 heavy (non-hydrogen) atoms. The summed E-state index contributed by atoms with van der Waals surface area (Å²) in [6.07, 6.45) is 4.08. The lowest BCUT2D eigenvalue weighted by molar-refractivity contribution is 0.0217. The van der Waals surface area contributed by atoms with E-state index in [0.29, 0.717) is 22.8 Å². The fourth-order valence-electron chi connectivity index (χ4n) is 3.91. The summed E-state index contributed by atoms with van der Waals surface area (Å²) in [5, 5.41) is 4.53. The molecule has 0 spiro atoms. The van der Waals surface area contributed by atoms with Crippen molar-refractivity contribution in [2.45, 2.75) is 41.8 Å². The second kappa shape index (κ2) is 7.02. The molecule has 3 aliphatic rings. The van der Waals surface area contributed by atoms with E-state index >= 15 is 0 Å². The third kappa shape index (κ3) is 3.57. The zero-order chi connectivity index (χ0) is 17.4. The number of aromatic amines is 1. The lowest BCUT2D eigenvalue weighted by atomic mass is 9.79. The lowest BCUT2D eigenvalue weighted by Gasteiger charge is -2.49. The topological polar surface area (TPSA) is 61.0 Å². The van der Waals surface area contributed by atoms with Crippen LogP contribution in [0.4, 0.5) is 0 Å². The van der Waals surface area contributed by atoms with Crippen molar-refractivity contribution in [3.8, 4) is 0 Å². The van der Waals surface area contributed by atoms with Crippen LogP contribution in [0.15, 0.2) is 40.4 Å².